The minimum absolute atomic E-state index is 0.0836. The Hall–Kier alpha value is -2.91. The van der Waals surface area contributed by atoms with Gasteiger partial charge in [-0.2, -0.15) is 4.31 Å². The summed E-state index contributed by atoms with van der Waals surface area (Å²) < 4.78 is 34.4. The highest BCUT2D eigenvalue weighted by molar-refractivity contribution is 7.89. The van der Waals surface area contributed by atoms with Crippen LogP contribution in [0.25, 0.3) is 11.1 Å². The van der Waals surface area contributed by atoms with Gasteiger partial charge < -0.3 is 9.32 Å². The van der Waals surface area contributed by atoms with Crippen molar-refractivity contribution in [2.45, 2.75) is 38.6 Å². The lowest BCUT2D eigenvalue weighted by Crippen LogP contribution is -2.42. The summed E-state index contributed by atoms with van der Waals surface area (Å²) in [4.78, 5) is 26.9. The standard InChI is InChI=1S/C24H29N3O5S/c1-16-5-7-19(8-6-16)25(4)23(28)15-27-21-10-9-20(12-22(21)32-24(27)29)33(30,31)26-13-17(2)11-18(3)14-26/h5-10,12,17-18H,11,13-15H2,1-4H3/t17-,18+. The quantitative estimate of drug-likeness (QED) is 0.570. The predicted octanol–water partition coefficient (Wildman–Crippen LogP) is 3.23. The monoisotopic (exact) mass is 471 g/mol. The molecule has 1 aliphatic heterocycles. The number of piperidine rings is 1. The van der Waals surface area contributed by atoms with E-state index >= 15 is 0 Å². The van der Waals surface area contributed by atoms with E-state index in [1.807, 2.05) is 45.0 Å². The number of likely N-dealkylation sites (N-methyl/N-ethyl adjacent to an activating group) is 1. The largest absolute Gasteiger partial charge is 0.420 e. The number of fused-ring (bicyclic) bond motifs is 1. The van der Waals surface area contributed by atoms with E-state index < -0.39 is 15.8 Å². The fraction of sp³-hybridized carbons (Fsp3) is 0.417. The van der Waals surface area contributed by atoms with E-state index in [2.05, 4.69) is 0 Å². The Morgan fingerprint density at radius 3 is 2.36 bits per heavy atom. The van der Waals surface area contributed by atoms with Crippen LogP contribution in [-0.2, 0) is 21.4 Å². The number of benzene rings is 2. The molecular weight excluding hydrogens is 442 g/mol. The van der Waals surface area contributed by atoms with Gasteiger partial charge in [0.15, 0.2) is 5.58 Å². The van der Waals surface area contributed by atoms with Crippen LogP contribution in [0.5, 0.6) is 0 Å². The highest BCUT2D eigenvalue weighted by atomic mass is 32.2. The van der Waals surface area contributed by atoms with Crippen molar-refractivity contribution in [1.29, 1.82) is 0 Å². The maximum atomic E-state index is 13.2. The third-order valence-corrected chi connectivity index (χ3v) is 8.03. The molecule has 176 valence electrons. The summed E-state index contributed by atoms with van der Waals surface area (Å²) in [5, 5.41) is 0. The maximum absolute atomic E-state index is 13.2. The van der Waals surface area contributed by atoms with Crippen LogP contribution in [0.1, 0.15) is 25.8 Å². The summed E-state index contributed by atoms with van der Waals surface area (Å²) >= 11 is 0. The van der Waals surface area contributed by atoms with E-state index in [1.165, 1.54) is 32.0 Å². The van der Waals surface area contributed by atoms with Crippen molar-refractivity contribution in [3.8, 4) is 0 Å². The lowest BCUT2D eigenvalue weighted by atomic mass is 9.94. The van der Waals surface area contributed by atoms with Crippen LogP contribution < -0.4 is 10.7 Å². The highest BCUT2D eigenvalue weighted by Crippen LogP contribution is 2.28. The smallest absolute Gasteiger partial charge is 0.408 e. The molecule has 2 aromatic carbocycles. The molecule has 0 spiro atoms. The van der Waals surface area contributed by atoms with Gasteiger partial charge in [0.05, 0.1) is 10.4 Å². The van der Waals surface area contributed by atoms with Gasteiger partial charge in [-0.1, -0.05) is 31.5 Å². The van der Waals surface area contributed by atoms with Gasteiger partial charge in [0, 0.05) is 31.9 Å². The number of carbonyl (C=O) groups excluding carboxylic acids is 1. The molecule has 0 radical (unpaired) electrons. The molecule has 0 unspecified atom stereocenters. The molecule has 1 amide bonds. The van der Waals surface area contributed by atoms with Crippen LogP contribution in [0.4, 0.5) is 5.69 Å². The Kier molecular flexibility index (Phi) is 6.20. The average Bonchev–Trinajstić information content (AvgIpc) is 3.07. The zero-order valence-corrected chi connectivity index (χ0v) is 20.1. The Balaban J connectivity index is 1.61. The van der Waals surface area contributed by atoms with Crippen molar-refractivity contribution in [2.24, 2.45) is 11.8 Å². The minimum atomic E-state index is -3.71. The number of sulfonamides is 1. The lowest BCUT2D eigenvalue weighted by Gasteiger charge is -2.34. The molecule has 0 saturated carbocycles. The Bertz CT molecular complexity index is 1330. The first-order chi connectivity index (χ1) is 15.6. The van der Waals surface area contributed by atoms with Gasteiger partial charge in [-0.3, -0.25) is 9.36 Å². The summed E-state index contributed by atoms with van der Waals surface area (Å²) in [6, 6.07) is 11.9. The Labute approximate surface area is 193 Å². The summed E-state index contributed by atoms with van der Waals surface area (Å²) in [6.07, 6.45) is 0.994. The van der Waals surface area contributed by atoms with Crippen molar-refractivity contribution < 1.29 is 17.6 Å². The van der Waals surface area contributed by atoms with E-state index in [0.717, 1.165) is 12.0 Å². The van der Waals surface area contributed by atoms with Gasteiger partial charge in [-0.05, 0) is 49.4 Å². The van der Waals surface area contributed by atoms with Crippen LogP contribution in [0.15, 0.2) is 56.6 Å². The van der Waals surface area contributed by atoms with Crippen LogP contribution in [0.2, 0.25) is 0 Å². The molecule has 8 nitrogen and oxygen atoms in total. The van der Waals surface area contributed by atoms with E-state index in [0.29, 0.717) is 24.3 Å². The molecule has 1 aliphatic rings. The second kappa shape index (κ2) is 8.79. The van der Waals surface area contributed by atoms with E-state index in [9.17, 15) is 18.0 Å². The molecule has 3 aromatic rings. The molecule has 1 fully saturated rings. The molecule has 2 atom stereocenters. The van der Waals surface area contributed by atoms with Gasteiger partial charge in [0.2, 0.25) is 15.9 Å². The third-order valence-electron chi connectivity index (χ3n) is 6.20. The second-order valence-corrected chi connectivity index (χ2v) is 11.1. The first kappa shape index (κ1) is 23.3. The number of aryl methyl sites for hydroxylation is 1. The topological polar surface area (TPSA) is 92.8 Å². The van der Waals surface area contributed by atoms with Crippen molar-refractivity contribution in [3.63, 3.8) is 0 Å². The Morgan fingerprint density at radius 1 is 1.09 bits per heavy atom. The molecule has 0 N–H and O–H groups in total. The number of hydrogen-bond donors (Lipinski definition) is 0. The molecule has 1 saturated heterocycles. The average molecular weight is 472 g/mol. The molecule has 2 heterocycles. The number of aromatic nitrogens is 1. The Morgan fingerprint density at radius 2 is 1.73 bits per heavy atom. The number of carbonyl (C=O) groups is 1. The van der Waals surface area contributed by atoms with E-state index in [-0.39, 0.29) is 34.8 Å². The van der Waals surface area contributed by atoms with Crippen molar-refractivity contribution >= 4 is 32.7 Å². The first-order valence-corrected chi connectivity index (χ1v) is 12.5. The zero-order valence-electron chi connectivity index (χ0n) is 19.3. The fourth-order valence-electron chi connectivity index (χ4n) is 4.46. The molecule has 4 rings (SSSR count). The first-order valence-electron chi connectivity index (χ1n) is 11.0. The van der Waals surface area contributed by atoms with Gasteiger partial charge in [0.25, 0.3) is 0 Å². The summed E-state index contributed by atoms with van der Waals surface area (Å²) in [5.74, 6) is -0.437. The summed E-state index contributed by atoms with van der Waals surface area (Å²) in [6.45, 7) is 6.77. The molecule has 0 bridgehead atoms. The third kappa shape index (κ3) is 4.60. The fourth-order valence-corrected chi connectivity index (χ4v) is 6.16. The minimum Gasteiger partial charge on any atom is -0.408 e. The highest BCUT2D eigenvalue weighted by Gasteiger charge is 2.32. The molecular formula is C24H29N3O5S. The molecule has 9 heteroatoms. The van der Waals surface area contributed by atoms with Crippen molar-refractivity contribution in [1.82, 2.24) is 8.87 Å². The number of oxazole rings is 1. The van der Waals surface area contributed by atoms with Gasteiger partial charge >= 0.3 is 5.76 Å². The lowest BCUT2D eigenvalue weighted by molar-refractivity contribution is -0.118. The SMILES string of the molecule is Cc1ccc(N(C)C(=O)Cn2c(=O)oc3cc(S(=O)(=O)N4C[C@H](C)C[C@H](C)C4)ccc32)cc1. The van der Waals surface area contributed by atoms with Crippen LogP contribution in [0.3, 0.4) is 0 Å². The second-order valence-electron chi connectivity index (χ2n) is 9.14. The number of rotatable bonds is 5. The van der Waals surface area contributed by atoms with E-state index in [1.54, 1.807) is 7.05 Å². The number of anilines is 1. The summed E-state index contributed by atoms with van der Waals surface area (Å²) in [5.41, 5.74) is 2.32. The van der Waals surface area contributed by atoms with Crippen LogP contribution in [0, 0.1) is 18.8 Å². The van der Waals surface area contributed by atoms with E-state index in [4.69, 9.17) is 4.42 Å². The number of nitrogens with zero attached hydrogens (tertiary/aromatic N) is 3. The van der Waals surface area contributed by atoms with Crippen molar-refractivity contribution in [3.05, 3.63) is 58.6 Å². The van der Waals surface area contributed by atoms with Gasteiger partial charge in [0.1, 0.15) is 6.54 Å². The molecule has 0 aliphatic carbocycles. The number of hydrogen-bond acceptors (Lipinski definition) is 5. The zero-order chi connectivity index (χ0) is 23.9. The van der Waals surface area contributed by atoms with Gasteiger partial charge in [-0.25, -0.2) is 13.2 Å². The molecule has 1 aromatic heterocycles. The normalized spacial score (nSPS) is 19.6. The predicted molar refractivity (Wildman–Crippen MR) is 127 cm³/mol. The van der Waals surface area contributed by atoms with Crippen molar-refractivity contribution in [2.75, 3.05) is 25.0 Å². The molecule has 33 heavy (non-hydrogen) atoms. The van der Waals surface area contributed by atoms with Crippen LogP contribution in [-0.4, -0.2) is 43.3 Å². The van der Waals surface area contributed by atoms with Crippen LogP contribution >= 0.6 is 0 Å². The summed E-state index contributed by atoms with van der Waals surface area (Å²) in [7, 11) is -2.07. The van der Waals surface area contributed by atoms with Gasteiger partial charge in [-0.15, -0.1) is 0 Å². The maximum Gasteiger partial charge on any atom is 0.420 e. The number of amides is 1.